The Bertz CT molecular complexity index is 1070. The van der Waals surface area contributed by atoms with E-state index in [0.717, 1.165) is 28.8 Å². The van der Waals surface area contributed by atoms with E-state index in [1.54, 1.807) is 33.0 Å². The highest BCUT2D eigenvalue weighted by Gasteiger charge is 2.29. The quantitative estimate of drug-likeness (QED) is 0.526. The van der Waals surface area contributed by atoms with Crippen LogP contribution < -0.4 is 10.1 Å². The number of pyridine rings is 1. The van der Waals surface area contributed by atoms with E-state index < -0.39 is 23.4 Å². The molecule has 2 aromatic heterocycles. The number of aromatic amines is 1. The van der Waals surface area contributed by atoms with Crippen LogP contribution in [0.1, 0.15) is 37.5 Å². The van der Waals surface area contributed by atoms with Crippen LogP contribution in [0.3, 0.4) is 0 Å². The summed E-state index contributed by atoms with van der Waals surface area (Å²) in [5.74, 6) is 0.351. The number of hydrogen-bond acceptors (Lipinski definition) is 4. The zero-order valence-corrected chi connectivity index (χ0v) is 17.7. The minimum absolute atomic E-state index is 0.239. The van der Waals surface area contributed by atoms with E-state index >= 15 is 0 Å². The van der Waals surface area contributed by atoms with Gasteiger partial charge in [0, 0.05) is 18.7 Å². The molecule has 1 aromatic carbocycles. The maximum absolute atomic E-state index is 12.7. The third kappa shape index (κ3) is 5.90. The van der Waals surface area contributed by atoms with Crippen molar-refractivity contribution in [2.45, 2.75) is 45.9 Å². The van der Waals surface area contributed by atoms with Crippen LogP contribution in [0.25, 0.3) is 11.0 Å². The van der Waals surface area contributed by atoms with Gasteiger partial charge >= 0.3 is 12.3 Å². The first kappa shape index (κ1) is 22.5. The summed E-state index contributed by atoms with van der Waals surface area (Å²) in [5.41, 5.74) is 2.01. The Morgan fingerprint density at radius 2 is 1.84 bits per heavy atom. The molecule has 0 atom stereocenters. The number of benzene rings is 1. The number of hydrogen-bond donors (Lipinski definition) is 2. The van der Waals surface area contributed by atoms with E-state index in [0.29, 0.717) is 23.5 Å². The molecule has 0 aliphatic carbocycles. The number of alkyl halides is 3. The fraction of sp³-hybridized carbons (Fsp3) is 0.364. The molecule has 0 radical (unpaired) electrons. The number of ether oxygens (including phenoxy) is 2. The highest BCUT2D eigenvalue weighted by molar-refractivity contribution is 5.98. The molecule has 0 fully saturated rings. The van der Waals surface area contributed by atoms with Gasteiger partial charge in [-0.15, -0.1) is 0 Å². The Hall–Kier alpha value is -3.23. The lowest BCUT2D eigenvalue weighted by Crippen LogP contribution is -2.27. The third-order valence-electron chi connectivity index (χ3n) is 4.37. The number of nitrogens with one attached hydrogen (secondary N) is 2. The molecule has 0 aliphatic heterocycles. The molecular weight excluding hydrogens is 411 g/mol. The van der Waals surface area contributed by atoms with Crippen molar-refractivity contribution in [3.63, 3.8) is 0 Å². The van der Waals surface area contributed by atoms with E-state index in [9.17, 15) is 18.0 Å². The minimum atomic E-state index is -4.35. The first-order valence-corrected chi connectivity index (χ1v) is 9.70. The Kier molecular flexibility index (Phi) is 6.15. The van der Waals surface area contributed by atoms with Crippen molar-refractivity contribution < 1.29 is 27.4 Å². The van der Waals surface area contributed by atoms with Crippen molar-refractivity contribution in [3.05, 3.63) is 53.2 Å². The number of fused-ring (bicyclic) bond motifs is 1. The summed E-state index contributed by atoms with van der Waals surface area (Å²) in [6.45, 7) is 7.43. The standard InChI is InChI=1S/C22H24F3N3O3/c1-13-11-17(30-10-9-14-5-7-15(8-6-14)22(23,24)25)28-19-16(12-26-18(13)19)27-20(29)31-21(2,3)4/h5-8,11-12,26H,9-10H2,1-4H3,(H,27,29). The number of amides is 1. The SMILES string of the molecule is Cc1cc(OCCc2ccc(C(F)(F)F)cc2)nc2c(NC(=O)OC(C)(C)C)c[nH]c12. The van der Waals surface area contributed by atoms with E-state index in [-0.39, 0.29) is 6.61 Å². The van der Waals surface area contributed by atoms with Gasteiger partial charge < -0.3 is 14.5 Å². The summed E-state index contributed by atoms with van der Waals surface area (Å²) >= 11 is 0. The van der Waals surface area contributed by atoms with E-state index in [1.165, 1.54) is 12.1 Å². The number of H-pyrrole nitrogens is 1. The molecule has 9 heteroatoms. The number of halogens is 3. The summed E-state index contributed by atoms with van der Waals surface area (Å²) < 4.78 is 48.9. The number of aromatic nitrogens is 2. The van der Waals surface area contributed by atoms with E-state index in [4.69, 9.17) is 9.47 Å². The maximum atomic E-state index is 12.7. The van der Waals surface area contributed by atoms with Crippen LogP contribution in [0.5, 0.6) is 5.88 Å². The van der Waals surface area contributed by atoms with Gasteiger partial charge in [-0.1, -0.05) is 12.1 Å². The van der Waals surface area contributed by atoms with Gasteiger partial charge in [0.2, 0.25) is 5.88 Å². The Labute approximate surface area is 177 Å². The van der Waals surface area contributed by atoms with E-state index in [2.05, 4.69) is 15.3 Å². The highest BCUT2D eigenvalue weighted by atomic mass is 19.4. The topological polar surface area (TPSA) is 76.2 Å². The molecule has 0 unspecified atom stereocenters. The van der Waals surface area contributed by atoms with E-state index in [1.807, 2.05) is 6.92 Å². The van der Waals surface area contributed by atoms with Crippen molar-refractivity contribution in [2.24, 2.45) is 0 Å². The second-order valence-corrected chi connectivity index (χ2v) is 8.12. The predicted octanol–water partition coefficient (Wildman–Crippen LogP) is 5.86. The monoisotopic (exact) mass is 435 g/mol. The molecule has 0 saturated heterocycles. The van der Waals surface area contributed by atoms with Crippen molar-refractivity contribution in [2.75, 3.05) is 11.9 Å². The predicted molar refractivity (Wildman–Crippen MR) is 111 cm³/mol. The smallest absolute Gasteiger partial charge is 0.416 e. The van der Waals surface area contributed by atoms with Gasteiger partial charge in [0.05, 0.1) is 23.4 Å². The molecule has 0 bridgehead atoms. The van der Waals surface area contributed by atoms with Crippen LogP contribution in [0, 0.1) is 6.92 Å². The lowest BCUT2D eigenvalue weighted by atomic mass is 10.1. The van der Waals surface area contributed by atoms with Gasteiger partial charge in [-0.25, -0.2) is 9.78 Å². The average Bonchev–Trinajstić information content (AvgIpc) is 3.03. The van der Waals surface area contributed by atoms with Gasteiger partial charge in [-0.05, 0) is 51.0 Å². The van der Waals surface area contributed by atoms with Gasteiger partial charge in [0.15, 0.2) is 0 Å². The number of anilines is 1. The van der Waals surface area contributed by atoms with Crippen LogP contribution >= 0.6 is 0 Å². The number of carbonyl (C=O) groups excluding carboxylic acids is 1. The molecule has 3 aromatic rings. The lowest BCUT2D eigenvalue weighted by molar-refractivity contribution is -0.137. The number of nitrogens with zero attached hydrogens (tertiary/aromatic N) is 1. The number of rotatable bonds is 5. The molecule has 2 N–H and O–H groups in total. The van der Waals surface area contributed by atoms with Crippen molar-refractivity contribution in [1.29, 1.82) is 0 Å². The molecule has 0 saturated carbocycles. The summed E-state index contributed by atoms with van der Waals surface area (Å²) in [5, 5.41) is 2.67. The molecule has 3 rings (SSSR count). The number of aryl methyl sites for hydroxylation is 1. The van der Waals surface area contributed by atoms with Crippen LogP contribution in [0.15, 0.2) is 36.5 Å². The van der Waals surface area contributed by atoms with Crippen LogP contribution in [0.4, 0.5) is 23.7 Å². The summed E-state index contributed by atoms with van der Waals surface area (Å²) in [7, 11) is 0. The lowest BCUT2D eigenvalue weighted by Gasteiger charge is -2.19. The Morgan fingerprint density at radius 3 is 2.45 bits per heavy atom. The van der Waals surface area contributed by atoms with Gasteiger partial charge in [0.25, 0.3) is 0 Å². The second-order valence-electron chi connectivity index (χ2n) is 8.12. The fourth-order valence-corrected chi connectivity index (χ4v) is 2.95. The Balaban J connectivity index is 1.68. The summed E-state index contributed by atoms with van der Waals surface area (Å²) in [4.78, 5) is 19.6. The van der Waals surface area contributed by atoms with Crippen LogP contribution in [-0.2, 0) is 17.3 Å². The van der Waals surface area contributed by atoms with Crippen molar-refractivity contribution in [1.82, 2.24) is 9.97 Å². The molecule has 166 valence electrons. The molecule has 0 spiro atoms. The summed E-state index contributed by atoms with van der Waals surface area (Å²) in [6, 6.07) is 6.73. The minimum Gasteiger partial charge on any atom is -0.477 e. The molecule has 31 heavy (non-hydrogen) atoms. The zero-order chi connectivity index (χ0) is 22.8. The maximum Gasteiger partial charge on any atom is 0.416 e. The average molecular weight is 435 g/mol. The zero-order valence-electron chi connectivity index (χ0n) is 17.7. The molecule has 2 heterocycles. The first-order valence-electron chi connectivity index (χ1n) is 9.70. The normalized spacial score (nSPS) is 12.1. The van der Waals surface area contributed by atoms with Gasteiger partial charge in [0.1, 0.15) is 11.1 Å². The Morgan fingerprint density at radius 1 is 1.16 bits per heavy atom. The van der Waals surface area contributed by atoms with Crippen molar-refractivity contribution in [3.8, 4) is 5.88 Å². The molecular formula is C22H24F3N3O3. The van der Waals surface area contributed by atoms with Crippen LogP contribution in [-0.4, -0.2) is 28.3 Å². The largest absolute Gasteiger partial charge is 0.477 e. The fourth-order valence-electron chi connectivity index (χ4n) is 2.95. The first-order chi connectivity index (χ1) is 14.4. The van der Waals surface area contributed by atoms with Crippen LogP contribution in [0.2, 0.25) is 0 Å². The second kappa shape index (κ2) is 8.49. The number of carbonyl (C=O) groups is 1. The third-order valence-corrected chi connectivity index (χ3v) is 4.37. The summed E-state index contributed by atoms with van der Waals surface area (Å²) in [6.07, 6.45) is -2.90. The van der Waals surface area contributed by atoms with Gasteiger partial charge in [-0.2, -0.15) is 13.2 Å². The van der Waals surface area contributed by atoms with Crippen molar-refractivity contribution >= 4 is 22.8 Å². The highest BCUT2D eigenvalue weighted by Crippen LogP contribution is 2.30. The molecule has 1 amide bonds. The van der Waals surface area contributed by atoms with Gasteiger partial charge in [-0.3, -0.25) is 5.32 Å². The molecule has 0 aliphatic rings. The molecule has 6 nitrogen and oxygen atoms in total.